The van der Waals surface area contributed by atoms with Crippen molar-refractivity contribution in [1.29, 1.82) is 0 Å². The van der Waals surface area contributed by atoms with Gasteiger partial charge in [-0.2, -0.15) is 0 Å². The van der Waals surface area contributed by atoms with E-state index in [2.05, 4.69) is 56.3 Å². The van der Waals surface area contributed by atoms with Gasteiger partial charge in [-0.15, -0.1) is 0 Å². The van der Waals surface area contributed by atoms with E-state index in [9.17, 15) is 0 Å². The molecule has 1 N–H and O–H groups in total. The SMILES string of the molecule is CCNc1ncc(CN2C[C@H]3CC[C@@H]2CN(Cc2ccc(OC)cc2)C3)cn1. The molecule has 6 heteroatoms. The summed E-state index contributed by atoms with van der Waals surface area (Å²) in [6.45, 7) is 8.38. The number of ether oxygens (including phenoxy) is 1. The van der Waals surface area contributed by atoms with Crippen LogP contribution in [0, 0.1) is 5.92 Å². The number of aromatic nitrogens is 2. The monoisotopic (exact) mass is 381 g/mol. The maximum atomic E-state index is 5.28. The van der Waals surface area contributed by atoms with E-state index in [0.717, 1.165) is 37.8 Å². The fraction of sp³-hybridized carbons (Fsp3) is 0.545. The summed E-state index contributed by atoms with van der Waals surface area (Å²) in [6, 6.07) is 9.11. The summed E-state index contributed by atoms with van der Waals surface area (Å²) in [7, 11) is 1.72. The number of hydrogen-bond acceptors (Lipinski definition) is 6. The van der Waals surface area contributed by atoms with Crippen LogP contribution in [0.2, 0.25) is 0 Å². The van der Waals surface area contributed by atoms with Gasteiger partial charge in [-0.3, -0.25) is 9.80 Å². The van der Waals surface area contributed by atoms with Crippen LogP contribution in [0.4, 0.5) is 5.95 Å². The molecule has 2 bridgehead atoms. The summed E-state index contributed by atoms with van der Waals surface area (Å²) in [5, 5.41) is 3.16. The topological polar surface area (TPSA) is 53.5 Å². The predicted octanol–water partition coefficient (Wildman–Crippen LogP) is 3.01. The van der Waals surface area contributed by atoms with Gasteiger partial charge in [-0.1, -0.05) is 12.1 Å². The molecule has 0 amide bonds. The first-order chi connectivity index (χ1) is 13.7. The average Bonchev–Trinajstić information content (AvgIpc) is 3.01. The first-order valence-corrected chi connectivity index (χ1v) is 10.4. The second-order valence-corrected chi connectivity index (χ2v) is 8.01. The summed E-state index contributed by atoms with van der Waals surface area (Å²) >= 11 is 0. The molecule has 2 atom stereocenters. The van der Waals surface area contributed by atoms with E-state index in [1.165, 1.54) is 37.1 Å². The lowest BCUT2D eigenvalue weighted by Crippen LogP contribution is -2.43. The van der Waals surface area contributed by atoms with Gasteiger partial charge in [0.05, 0.1) is 7.11 Å². The molecular formula is C22H31N5O. The lowest BCUT2D eigenvalue weighted by molar-refractivity contribution is 0.123. The van der Waals surface area contributed by atoms with E-state index in [1.807, 2.05) is 12.4 Å². The lowest BCUT2D eigenvalue weighted by atomic mass is 9.95. The van der Waals surface area contributed by atoms with E-state index in [0.29, 0.717) is 12.0 Å². The van der Waals surface area contributed by atoms with E-state index < -0.39 is 0 Å². The van der Waals surface area contributed by atoms with E-state index >= 15 is 0 Å². The molecule has 6 nitrogen and oxygen atoms in total. The lowest BCUT2D eigenvalue weighted by Gasteiger charge is -2.36. The van der Waals surface area contributed by atoms with Gasteiger partial charge in [-0.05, 0) is 43.4 Å². The van der Waals surface area contributed by atoms with Crippen molar-refractivity contribution in [1.82, 2.24) is 19.8 Å². The second kappa shape index (κ2) is 8.88. The van der Waals surface area contributed by atoms with Crippen LogP contribution in [0.3, 0.4) is 0 Å². The highest BCUT2D eigenvalue weighted by atomic mass is 16.5. The number of anilines is 1. The van der Waals surface area contributed by atoms with Gasteiger partial charge in [-0.25, -0.2) is 9.97 Å². The third-order valence-corrected chi connectivity index (χ3v) is 5.89. The summed E-state index contributed by atoms with van der Waals surface area (Å²) in [5.74, 6) is 2.39. The largest absolute Gasteiger partial charge is 0.497 e. The molecular weight excluding hydrogens is 350 g/mol. The van der Waals surface area contributed by atoms with Crippen molar-refractivity contribution in [3.63, 3.8) is 0 Å². The molecule has 150 valence electrons. The smallest absolute Gasteiger partial charge is 0.222 e. The zero-order chi connectivity index (χ0) is 19.3. The highest BCUT2D eigenvalue weighted by molar-refractivity contribution is 5.27. The van der Waals surface area contributed by atoms with E-state index in [4.69, 9.17) is 4.74 Å². The van der Waals surface area contributed by atoms with Crippen molar-refractivity contribution in [2.75, 3.05) is 38.6 Å². The number of rotatable bonds is 7. The molecule has 0 spiro atoms. The molecule has 0 unspecified atom stereocenters. The molecule has 3 aliphatic rings. The number of hydrogen-bond donors (Lipinski definition) is 1. The number of methoxy groups -OCH3 is 1. The fourth-order valence-electron chi connectivity index (χ4n) is 4.51. The number of nitrogens with zero attached hydrogens (tertiary/aromatic N) is 4. The summed E-state index contributed by atoms with van der Waals surface area (Å²) in [4.78, 5) is 14.2. The highest BCUT2D eigenvalue weighted by Crippen LogP contribution is 2.30. The number of fused-ring (bicyclic) bond motifs is 4. The van der Waals surface area contributed by atoms with Crippen LogP contribution in [0.25, 0.3) is 0 Å². The minimum Gasteiger partial charge on any atom is -0.497 e. The normalized spacial score (nSPS) is 22.8. The molecule has 2 aromatic rings. The Balaban J connectivity index is 1.38. The Hall–Kier alpha value is -2.18. The zero-order valence-electron chi connectivity index (χ0n) is 17.0. The zero-order valence-corrected chi connectivity index (χ0v) is 17.0. The van der Waals surface area contributed by atoms with Crippen molar-refractivity contribution in [2.45, 2.75) is 38.9 Å². The van der Waals surface area contributed by atoms with Crippen molar-refractivity contribution in [2.24, 2.45) is 5.92 Å². The Morgan fingerprint density at radius 1 is 1.00 bits per heavy atom. The molecule has 0 radical (unpaired) electrons. The Kier molecular flexibility index (Phi) is 6.07. The van der Waals surface area contributed by atoms with Gasteiger partial charge in [0.15, 0.2) is 0 Å². The molecule has 4 heterocycles. The van der Waals surface area contributed by atoms with Gasteiger partial charge in [0.2, 0.25) is 5.95 Å². The van der Waals surface area contributed by atoms with Crippen molar-refractivity contribution in [3.05, 3.63) is 47.8 Å². The maximum Gasteiger partial charge on any atom is 0.222 e. The minimum atomic E-state index is 0.616. The molecule has 1 aromatic heterocycles. The van der Waals surface area contributed by atoms with Gasteiger partial charge < -0.3 is 10.1 Å². The molecule has 1 aromatic carbocycles. The van der Waals surface area contributed by atoms with Crippen LogP contribution in [-0.4, -0.2) is 59.1 Å². The van der Waals surface area contributed by atoms with E-state index in [-0.39, 0.29) is 0 Å². The number of benzene rings is 1. The Bertz CT molecular complexity index is 749. The van der Waals surface area contributed by atoms with Gasteiger partial charge >= 0.3 is 0 Å². The molecule has 0 aliphatic carbocycles. The third kappa shape index (κ3) is 4.62. The number of nitrogens with one attached hydrogen (secondary N) is 1. The van der Waals surface area contributed by atoms with Crippen LogP contribution >= 0.6 is 0 Å². The average molecular weight is 382 g/mol. The Morgan fingerprint density at radius 2 is 1.79 bits per heavy atom. The number of piperidine rings is 1. The van der Waals surface area contributed by atoms with Gasteiger partial charge in [0, 0.05) is 63.3 Å². The summed E-state index contributed by atoms with van der Waals surface area (Å²) in [6.07, 6.45) is 6.58. The summed E-state index contributed by atoms with van der Waals surface area (Å²) < 4.78 is 5.28. The molecule has 5 rings (SSSR count). The van der Waals surface area contributed by atoms with Crippen LogP contribution < -0.4 is 10.1 Å². The van der Waals surface area contributed by atoms with Gasteiger partial charge in [0.25, 0.3) is 0 Å². The second-order valence-electron chi connectivity index (χ2n) is 8.01. The molecule has 28 heavy (non-hydrogen) atoms. The maximum absolute atomic E-state index is 5.28. The van der Waals surface area contributed by atoms with Crippen LogP contribution in [0.15, 0.2) is 36.7 Å². The molecule has 3 fully saturated rings. The van der Waals surface area contributed by atoms with Crippen molar-refractivity contribution < 1.29 is 4.74 Å². The molecule has 0 saturated carbocycles. The highest BCUT2D eigenvalue weighted by Gasteiger charge is 2.34. The Morgan fingerprint density at radius 3 is 2.50 bits per heavy atom. The van der Waals surface area contributed by atoms with Crippen molar-refractivity contribution in [3.8, 4) is 5.75 Å². The predicted molar refractivity (Wildman–Crippen MR) is 111 cm³/mol. The van der Waals surface area contributed by atoms with Crippen molar-refractivity contribution >= 4 is 5.95 Å². The first kappa shape index (κ1) is 19.2. The third-order valence-electron chi connectivity index (χ3n) is 5.89. The molecule has 3 saturated heterocycles. The summed E-state index contributed by atoms with van der Waals surface area (Å²) in [5.41, 5.74) is 2.57. The quantitative estimate of drug-likeness (QED) is 0.796. The van der Waals surface area contributed by atoms with E-state index in [1.54, 1.807) is 7.11 Å². The molecule has 3 aliphatic heterocycles. The first-order valence-electron chi connectivity index (χ1n) is 10.4. The Labute approximate surface area is 167 Å². The van der Waals surface area contributed by atoms with Gasteiger partial charge in [0.1, 0.15) is 5.75 Å². The standard InChI is InChI=1S/C22H31N5O/c1-3-23-22-24-10-19(11-25-22)15-27-14-18-4-7-20(27)16-26(13-18)12-17-5-8-21(28-2)9-6-17/h5-6,8-11,18,20H,3-4,7,12-16H2,1-2H3,(H,23,24,25)/t18-,20+/m0/s1. The minimum absolute atomic E-state index is 0.616. The fourth-order valence-corrected chi connectivity index (χ4v) is 4.51. The van der Waals surface area contributed by atoms with Crippen LogP contribution in [0.5, 0.6) is 5.75 Å². The van der Waals surface area contributed by atoms with Crippen LogP contribution in [-0.2, 0) is 13.1 Å². The van der Waals surface area contributed by atoms with Crippen LogP contribution in [0.1, 0.15) is 30.9 Å².